The number of methoxy groups -OCH3 is 1. The van der Waals surface area contributed by atoms with Gasteiger partial charge in [-0.1, -0.05) is 37.3 Å². The van der Waals surface area contributed by atoms with Crippen LogP contribution in [0.1, 0.15) is 32.8 Å². The number of anilines is 1. The molecule has 0 aliphatic heterocycles. The third-order valence-corrected chi connectivity index (χ3v) is 5.02. The van der Waals surface area contributed by atoms with Crippen molar-refractivity contribution in [3.63, 3.8) is 0 Å². The van der Waals surface area contributed by atoms with Gasteiger partial charge >= 0.3 is 5.97 Å². The Kier molecular flexibility index (Phi) is 7.61. The molecule has 0 spiro atoms. The molecule has 2 atom stereocenters. The SMILES string of the molecule is CCOC(=O)[C@@](CC)(Nc1ccc(OC)cc1)[C@@H](Cc1ccccc1)C(C)=O. The molecule has 1 N–H and O–H groups in total. The first kappa shape index (κ1) is 21.5. The molecule has 5 heteroatoms. The van der Waals surface area contributed by atoms with Crippen molar-refractivity contribution >= 4 is 17.4 Å². The van der Waals surface area contributed by atoms with Gasteiger partial charge in [-0.25, -0.2) is 4.79 Å². The predicted molar refractivity (Wildman–Crippen MR) is 111 cm³/mol. The van der Waals surface area contributed by atoms with E-state index in [0.717, 1.165) is 17.0 Å². The summed E-state index contributed by atoms with van der Waals surface area (Å²) in [6.45, 7) is 5.45. The minimum absolute atomic E-state index is 0.0558. The molecule has 0 aromatic heterocycles. The fraction of sp³-hybridized carbons (Fsp3) is 0.391. The van der Waals surface area contributed by atoms with E-state index in [1.807, 2.05) is 61.5 Å². The summed E-state index contributed by atoms with van der Waals surface area (Å²) in [6.07, 6.45) is 0.862. The molecule has 2 rings (SSSR count). The van der Waals surface area contributed by atoms with Crippen LogP contribution in [0.25, 0.3) is 0 Å². The minimum atomic E-state index is -1.16. The summed E-state index contributed by atoms with van der Waals surface area (Å²) in [5.74, 6) is -0.318. The first-order valence-electron chi connectivity index (χ1n) is 9.60. The zero-order chi connectivity index (χ0) is 20.6. The van der Waals surface area contributed by atoms with Crippen LogP contribution in [0.2, 0.25) is 0 Å². The van der Waals surface area contributed by atoms with Gasteiger partial charge in [-0.3, -0.25) is 4.79 Å². The van der Waals surface area contributed by atoms with Crippen LogP contribution in [-0.4, -0.2) is 31.0 Å². The number of ether oxygens (including phenoxy) is 2. The van der Waals surface area contributed by atoms with Gasteiger partial charge in [0.15, 0.2) is 0 Å². The number of Topliss-reactive ketones (excluding diaryl/α,β-unsaturated/α-hetero) is 1. The molecule has 0 bridgehead atoms. The summed E-state index contributed by atoms with van der Waals surface area (Å²) in [5.41, 5.74) is 0.572. The molecule has 0 aliphatic carbocycles. The molecule has 0 saturated carbocycles. The van der Waals surface area contributed by atoms with Gasteiger partial charge < -0.3 is 14.8 Å². The monoisotopic (exact) mass is 383 g/mol. The first-order chi connectivity index (χ1) is 13.5. The fourth-order valence-electron chi connectivity index (χ4n) is 3.47. The lowest BCUT2D eigenvalue weighted by Gasteiger charge is -2.38. The number of hydrogen-bond acceptors (Lipinski definition) is 5. The zero-order valence-corrected chi connectivity index (χ0v) is 17.0. The summed E-state index contributed by atoms with van der Waals surface area (Å²) >= 11 is 0. The molecule has 0 saturated heterocycles. The molecule has 0 radical (unpaired) electrons. The second-order valence-corrected chi connectivity index (χ2v) is 6.75. The van der Waals surface area contributed by atoms with Gasteiger partial charge in [0.2, 0.25) is 0 Å². The van der Waals surface area contributed by atoms with Crippen molar-refractivity contribution < 1.29 is 19.1 Å². The minimum Gasteiger partial charge on any atom is -0.497 e. The molecule has 28 heavy (non-hydrogen) atoms. The topological polar surface area (TPSA) is 64.6 Å². The van der Waals surface area contributed by atoms with Crippen molar-refractivity contribution in [1.82, 2.24) is 0 Å². The van der Waals surface area contributed by atoms with E-state index in [4.69, 9.17) is 9.47 Å². The van der Waals surface area contributed by atoms with Gasteiger partial charge in [-0.05, 0) is 56.5 Å². The average molecular weight is 383 g/mol. The number of ketones is 1. The molecular weight excluding hydrogens is 354 g/mol. The van der Waals surface area contributed by atoms with Crippen LogP contribution in [0.4, 0.5) is 5.69 Å². The molecule has 0 heterocycles. The Labute approximate surface area is 167 Å². The van der Waals surface area contributed by atoms with Gasteiger partial charge in [0.05, 0.1) is 19.6 Å². The quantitative estimate of drug-likeness (QED) is 0.621. The van der Waals surface area contributed by atoms with Crippen LogP contribution in [0.5, 0.6) is 5.75 Å². The van der Waals surface area contributed by atoms with Crippen LogP contribution in [0.3, 0.4) is 0 Å². The van der Waals surface area contributed by atoms with E-state index in [1.165, 1.54) is 6.92 Å². The van der Waals surface area contributed by atoms with E-state index in [2.05, 4.69) is 5.32 Å². The zero-order valence-electron chi connectivity index (χ0n) is 17.0. The van der Waals surface area contributed by atoms with Gasteiger partial charge in [0, 0.05) is 5.69 Å². The number of esters is 1. The first-order valence-corrected chi connectivity index (χ1v) is 9.60. The smallest absolute Gasteiger partial charge is 0.332 e. The largest absolute Gasteiger partial charge is 0.497 e. The van der Waals surface area contributed by atoms with E-state index >= 15 is 0 Å². The van der Waals surface area contributed by atoms with Crippen molar-refractivity contribution in [3.8, 4) is 5.75 Å². The normalized spacial score (nSPS) is 13.9. The lowest BCUT2D eigenvalue weighted by molar-refractivity contribution is -0.153. The molecular formula is C23H29NO4. The molecule has 0 unspecified atom stereocenters. The molecule has 0 amide bonds. The fourth-order valence-corrected chi connectivity index (χ4v) is 3.47. The standard InChI is InChI=1S/C23H29NO4/c1-5-23(22(26)28-6-2,24-19-12-14-20(27-4)15-13-19)21(17(3)25)16-18-10-8-7-9-11-18/h7-15,21,24H,5-6,16H2,1-4H3/t21-,23-/m0/s1. The summed E-state index contributed by atoms with van der Waals surface area (Å²) in [5, 5.41) is 3.33. The number of benzene rings is 2. The maximum absolute atomic E-state index is 13.1. The van der Waals surface area contributed by atoms with Gasteiger partial charge in [-0.15, -0.1) is 0 Å². The maximum atomic E-state index is 13.1. The molecule has 0 aliphatic rings. The number of nitrogens with one attached hydrogen (secondary N) is 1. The van der Waals surface area contributed by atoms with E-state index in [0.29, 0.717) is 12.8 Å². The summed E-state index contributed by atoms with van der Waals surface area (Å²) < 4.78 is 10.6. The number of rotatable bonds is 10. The van der Waals surface area contributed by atoms with Crippen molar-refractivity contribution in [2.24, 2.45) is 5.92 Å². The van der Waals surface area contributed by atoms with Crippen molar-refractivity contribution in [1.29, 1.82) is 0 Å². The number of hydrogen-bond donors (Lipinski definition) is 1. The van der Waals surface area contributed by atoms with E-state index < -0.39 is 17.4 Å². The highest BCUT2D eigenvalue weighted by atomic mass is 16.5. The molecule has 150 valence electrons. The summed E-state index contributed by atoms with van der Waals surface area (Å²) in [6, 6.07) is 17.0. The average Bonchev–Trinajstić information content (AvgIpc) is 2.71. The van der Waals surface area contributed by atoms with Crippen LogP contribution in [0, 0.1) is 5.92 Å². The third kappa shape index (κ3) is 4.91. The maximum Gasteiger partial charge on any atom is 0.332 e. The summed E-state index contributed by atoms with van der Waals surface area (Å²) in [4.78, 5) is 25.8. The Morgan fingerprint density at radius 3 is 2.18 bits per heavy atom. The Hall–Kier alpha value is -2.82. The van der Waals surface area contributed by atoms with Crippen molar-refractivity contribution in [2.45, 2.75) is 39.2 Å². The Morgan fingerprint density at radius 2 is 1.68 bits per heavy atom. The third-order valence-electron chi connectivity index (χ3n) is 5.02. The highest BCUT2D eigenvalue weighted by Gasteiger charge is 2.48. The van der Waals surface area contributed by atoms with Crippen LogP contribution >= 0.6 is 0 Å². The van der Waals surface area contributed by atoms with Gasteiger partial charge in [0.1, 0.15) is 17.1 Å². The molecule has 0 fully saturated rings. The molecule has 2 aromatic carbocycles. The van der Waals surface area contributed by atoms with Crippen LogP contribution < -0.4 is 10.1 Å². The highest BCUT2D eigenvalue weighted by molar-refractivity contribution is 5.93. The lowest BCUT2D eigenvalue weighted by Crippen LogP contribution is -2.56. The van der Waals surface area contributed by atoms with E-state index in [9.17, 15) is 9.59 Å². The van der Waals surface area contributed by atoms with Crippen molar-refractivity contribution in [2.75, 3.05) is 19.0 Å². The second kappa shape index (κ2) is 9.93. The Morgan fingerprint density at radius 1 is 1.04 bits per heavy atom. The second-order valence-electron chi connectivity index (χ2n) is 6.75. The molecule has 2 aromatic rings. The van der Waals surface area contributed by atoms with Crippen molar-refractivity contribution in [3.05, 3.63) is 60.2 Å². The van der Waals surface area contributed by atoms with E-state index in [-0.39, 0.29) is 12.4 Å². The number of carbonyl (C=O) groups is 2. The highest BCUT2D eigenvalue weighted by Crippen LogP contribution is 2.32. The lowest BCUT2D eigenvalue weighted by atomic mass is 9.75. The predicted octanol–water partition coefficient (Wildman–Crippen LogP) is 4.27. The van der Waals surface area contributed by atoms with Gasteiger partial charge in [-0.2, -0.15) is 0 Å². The van der Waals surface area contributed by atoms with E-state index in [1.54, 1.807) is 14.0 Å². The summed E-state index contributed by atoms with van der Waals surface area (Å²) in [7, 11) is 1.60. The molecule has 5 nitrogen and oxygen atoms in total. The Balaban J connectivity index is 2.46. The number of carbonyl (C=O) groups excluding carboxylic acids is 2. The van der Waals surface area contributed by atoms with Gasteiger partial charge in [0.25, 0.3) is 0 Å². The van der Waals surface area contributed by atoms with Crippen LogP contribution in [0.15, 0.2) is 54.6 Å². The van der Waals surface area contributed by atoms with Crippen LogP contribution in [-0.2, 0) is 20.7 Å². The Bertz CT molecular complexity index is 773.